The minimum atomic E-state index is -0.542. The molecule has 1 amide bonds. The summed E-state index contributed by atoms with van der Waals surface area (Å²) < 4.78 is 5.81. The third-order valence-corrected chi connectivity index (χ3v) is 3.02. The van der Waals surface area contributed by atoms with Crippen molar-refractivity contribution in [3.05, 3.63) is 41.7 Å². The SMILES string of the molecule is CNc1ncnc(Oc2ccccc2C(N)=O)c1C(C)C. The van der Waals surface area contributed by atoms with Crippen LogP contribution in [0.1, 0.15) is 35.7 Å². The second kappa shape index (κ2) is 6.21. The Balaban J connectivity index is 2.48. The summed E-state index contributed by atoms with van der Waals surface area (Å²) in [6, 6.07) is 6.81. The van der Waals surface area contributed by atoms with Gasteiger partial charge in [0.15, 0.2) is 0 Å². The summed E-state index contributed by atoms with van der Waals surface area (Å²) in [5.74, 6) is 1.11. The zero-order valence-corrected chi connectivity index (χ0v) is 12.3. The fraction of sp³-hybridized carbons (Fsp3) is 0.267. The van der Waals surface area contributed by atoms with E-state index in [1.165, 1.54) is 6.33 Å². The van der Waals surface area contributed by atoms with E-state index in [1.807, 2.05) is 13.8 Å². The minimum absolute atomic E-state index is 0.157. The Bertz CT molecular complexity index is 656. The van der Waals surface area contributed by atoms with Gasteiger partial charge in [0.25, 0.3) is 5.91 Å². The average Bonchev–Trinajstić information content (AvgIpc) is 2.47. The van der Waals surface area contributed by atoms with Crippen LogP contribution in [0.4, 0.5) is 5.82 Å². The Kier molecular flexibility index (Phi) is 4.37. The highest BCUT2D eigenvalue weighted by Crippen LogP contribution is 2.33. The minimum Gasteiger partial charge on any atom is -0.438 e. The zero-order valence-electron chi connectivity index (χ0n) is 12.3. The highest BCUT2D eigenvalue weighted by Gasteiger charge is 2.18. The van der Waals surface area contributed by atoms with Gasteiger partial charge in [-0.25, -0.2) is 9.97 Å². The molecule has 0 aliphatic heterocycles. The molecular formula is C15H18N4O2. The van der Waals surface area contributed by atoms with E-state index >= 15 is 0 Å². The highest BCUT2D eigenvalue weighted by molar-refractivity contribution is 5.95. The molecule has 3 N–H and O–H groups in total. The van der Waals surface area contributed by atoms with Crippen LogP contribution in [0.5, 0.6) is 11.6 Å². The third kappa shape index (κ3) is 3.10. The highest BCUT2D eigenvalue weighted by atomic mass is 16.5. The van der Waals surface area contributed by atoms with E-state index in [9.17, 15) is 4.79 Å². The fourth-order valence-electron chi connectivity index (χ4n) is 2.04. The molecule has 0 saturated heterocycles. The van der Waals surface area contributed by atoms with Crippen LogP contribution in [-0.2, 0) is 0 Å². The van der Waals surface area contributed by atoms with Crippen LogP contribution in [0.3, 0.4) is 0 Å². The second-order valence-electron chi connectivity index (χ2n) is 4.81. The van der Waals surface area contributed by atoms with Gasteiger partial charge in [-0.3, -0.25) is 4.79 Å². The molecule has 21 heavy (non-hydrogen) atoms. The summed E-state index contributed by atoms with van der Waals surface area (Å²) in [7, 11) is 1.79. The Morgan fingerprint density at radius 1 is 1.29 bits per heavy atom. The molecule has 1 aromatic carbocycles. The number of hydrogen-bond acceptors (Lipinski definition) is 5. The van der Waals surface area contributed by atoms with Gasteiger partial charge in [0, 0.05) is 7.05 Å². The molecule has 1 aromatic heterocycles. The first-order valence-electron chi connectivity index (χ1n) is 6.64. The Hall–Kier alpha value is -2.63. The number of ether oxygens (including phenoxy) is 1. The molecule has 0 spiro atoms. The maximum absolute atomic E-state index is 11.5. The number of nitrogens with two attached hydrogens (primary N) is 1. The van der Waals surface area contributed by atoms with Gasteiger partial charge in [0.2, 0.25) is 5.88 Å². The number of anilines is 1. The van der Waals surface area contributed by atoms with Crippen molar-refractivity contribution in [2.24, 2.45) is 5.73 Å². The second-order valence-corrected chi connectivity index (χ2v) is 4.81. The lowest BCUT2D eigenvalue weighted by Crippen LogP contribution is -2.12. The first kappa shape index (κ1) is 14.8. The molecule has 0 radical (unpaired) electrons. The Morgan fingerprint density at radius 3 is 2.62 bits per heavy atom. The van der Waals surface area contributed by atoms with Gasteiger partial charge in [0.05, 0.1) is 11.1 Å². The quantitative estimate of drug-likeness (QED) is 0.881. The van der Waals surface area contributed by atoms with Gasteiger partial charge in [-0.05, 0) is 18.1 Å². The van der Waals surface area contributed by atoms with Crippen molar-refractivity contribution in [2.45, 2.75) is 19.8 Å². The number of primary amides is 1. The summed E-state index contributed by atoms with van der Waals surface area (Å²) in [5, 5.41) is 3.02. The van der Waals surface area contributed by atoms with Crippen LogP contribution in [0.15, 0.2) is 30.6 Å². The third-order valence-electron chi connectivity index (χ3n) is 3.02. The first-order valence-corrected chi connectivity index (χ1v) is 6.64. The maximum atomic E-state index is 11.5. The van der Waals surface area contributed by atoms with Gasteiger partial charge in [-0.1, -0.05) is 26.0 Å². The lowest BCUT2D eigenvalue weighted by atomic mass is 10.1. The molecule has 0 aliphatic carbocycles. The number of aromatic nitrogens is 2. The monoisotopic (exact) mass is 286 g/mol. The molecule has 2 rings (SSSR count). The number of amides is 1. The molecule has 2 aromatic rings. The fourth-order valence-corrected chi connectivity index (χ4v) is 2.04. The number of nitrogens with one attached hydrogen (secondary N) is 1. The van der Waals surface area contributed by atoms with E-state index in [0.29, 0.717) is 23.0 Å². The van der Waals surface area contributed by atoms with Crippen molar-refractivity contribution in [2.75, 3.05) is 12.4 Å². The molecule has 0 saturated carbocycles. The molecule has 6 heteroatoms. The van der Waals surface area contributed by atoms with Crippen molar-refractivity contribution < 1.29 is 9.53 Å². The number of benzene rings is 1. The van der Waals surface area contributed by atoms with E-state index in [4.69, 9.17) is 10.5 Å². The number of carbonyl (C=O) groups is 1. The summed E-state index contributed by atoms with van der Waals surface area (Å²) in [4.78, 5) is 19.8. The predicted molar refractivity (Wildman–Crippen MR) is 80.7 cm³/mol. The van der Waals surface area contributed by atoms with Crippen LogP contribution in [0.25, 0.3) is 0 Å². The number of para-hydroxylation sites is 1. The van der Waals surface area contributed by atoms with Crippen LogP contribution < -0.4 is 15.8 Å². The zero-order chi connectivity index (χ0) is 15.4. The van der Waals surface area contributed by atoms with E-state index in [0.717, 1.165) is 5.56 Å². The Labute approximate surface area is 123 Å². The molecule has 0 aliphatic rings. The lowest BCUT2D eigenvalue weighted by molar-refractivity contribution is 0.0998. The van der Waals surface area contributed by atoms with E-state index in [2.05, 4.69) is 15.3 Å². The molecule has 6 nitrogen and oxygen atoms in total. The van der Waals surface area contributed by atoms with Crippen molar-refractivity contribution in [3.8, 4) is 11.6 Å². The standard InChI is InChI=1S/C15H18N4O2/c1-9(2)12-14(17-3)18-8-19-15(12)21-11-7-5-4-6-10(11)13(16)20/h4-9H,1-3H3,(H2,16,20)(H,17,18,19). The number of carbonyl (C=O) groups excluding carboxylic acids is 1. The van der Waals surface area contributed by atoms with Gasteiger partial charge < -0.3 is 15.8 Å². The molecular weight excluding hydrogens is 268 g/mol. The molecule has 0 bridgehead atoms. The van der Waals surface area contributed by atoms with Crippen LogP contribution >= 0.6 is 0 Å². The predicted octanol–water partition coefficient (Wildman–Crippen LogP) is 2.53. The van der Waals surface area contributed by atoms with Crippen LogP contribution in [0, 0.1) is 0 Å². The number of nitrogens with zero attached hydrogens (tertiary/aromatic N) is 2. The smallest absolute Gasteiger partial charge is 0.252 e. The van der Waals surface area contributed by atoms with Crippen molar-refractivity contribution in [3.63, 3.8) is 0 Å². The molecule has 0 atom stereocenters. The van der Waals surface area contributed by atoms with Crippen LogP contribution in [-0.4, -0.2) is 22.9 Å². The summed E-state index contributed by atoms with van der Waals surface area (Å²) >= 11 is 0. The summed E-state index contributed by atoms with van der Waals surface area (Å²) in [6.07, 6.45) is 1.42. The average molecular weight is 286 g/mol. The number of hydrogen-bond donors (Lipinski definition) is 2. The molecule has 1 heterocycles. The lowest BCUT2D eigenvalue weighted by Gasteiger charge is -2.16. The van der Waals surface area contributed by atoms with Crippen molar-refractivity contribution in [1.29, 1.82) is 0 Å². The largest absolute Gasteiger partial charge is 0.438 e. The van der Waals surface area contributed by atoms with Crippen molar-refractivity contribution in [1.82, 2.24) is 9.97 Å². The van der Waals surface area contributed by atoms with Gasteiger partial charge in [-0.2, -0.15) is 0 Å². The maximum Gasteiger partial charge on any atom is 0.252 e. The molecule has 0 unspecified atom stereocenters. The van der Waals surface area contributed by atoms with Gasteiger partial charge in [-0.15, -0.1) is 0 Å². The van der Waals surface area contributed by atoms with Crippen molar-refractivity contribution >= 4 is 11.7 Å². The number of rotatable bonds is 5. The molecule has 0 fully saturated rings. The van der Waals surface area contributed by atoms with Gasteiger partial charge >= 0.3 is 0 Å². The first-order chi connectivity index (χ1) is 10.0. The van der Waals surface area contributed by atoms with E-state index in [-0.39, 0.29) is 5.92 Å². The summed E-state index contributed by atoms with van der Waals surface area (Å²) in [5.41, 5.74) is 6.52. The Morgan fingerprint density at radius 2 is 2.00 bits per heavy atom. The molecule has 110 valence electrons. The van der Waals surface area contributed by atoms with Crippen LogP contribution in [0.2, 0.25) is 0 Å². The van der Waals surface area contributed by atoms with E-state index in [1.54, 1.807) is 31.3 Å². The topological polar surface area (TPSA) is 90.1 Å². The summed E-state index contributed by atoms with van der Waals surface area (Å²) in [6.45, 7) is 4.04. The van der Waals surface area contributed by atoms with Gasteiger partial charge in [0.1, 0.15) is 17.9 Å². The normalized spacial score (nSPS) is 10.5. The van der Waals surface area contributed by atoms with E-state index < -0.39 is 5.91 Å².